The summed E-state index contributed by atoms with van der Waals surface area (Å²) in [5.74, 6) is 0.318. The maximum absolute atomic E-state index is 11.2. The molecule has 0 aliphatic rings. The van der Waals surface area contributed by atoms with E-state index in [1.807, 2.05) is 19.9 Å². The summed E-state index contributed by atoms with van der Waals surface area (Å²) in [6, 6.07) is 0. The molecule has 13 heavy (non-hydrogen) atoms. The van der Waals surface area contributed by atoms with E-state index < -0.39 is 0 Å². The zero-order valence-corrected chi connectivity index (χ0v) is 9.09. The highest BCUT2D eigenvalue weighted by Crippen LogP contribution is 2.12. The third-order valence-corrected chi connectivity index (χ3v) is 2.13. The lowest BCUT2D eigenvalue weighted by atomic mass is 10.0. The first-order valence-corrected chi connectivity index (χ1v) is 5.01. The number of ether oxygens (including phenoxy) is 1. The predicted molar refractivity (Wildman–Crippen MR) is 54.5 cm³/mol. The molecule has 76 valence electrons. The Bertz CT molecular complexity index is 179. The fourth-order valence-electron chi connectivity index (χ4n) is 1.19. The standard InChI is InChI=1S/C11H20O2/c1-5-10(6-2)8-9(4)11(12)13-7-3/h8,10H,5-7H2,1-4H3. The van der Waals surface area contributed by atoms with Crippen molar-refractivity contribution in [3.63, 3.8) is 0 Å². The summed E-state index contributed by atoms with van der Waals surface area (Å²) in [5, 5.41) is 0. The SMILES string of the molecule is CCOC(=O)C(C)=CC(CC)CC. The summed E-state index contributed by atoms with van der Waals surface area (Å²) in [5.41, 5.74) is 0.732. The van der Waals surface area contributed by atoms with E-state index in [1.165, 1.54) is 0 Å². The molecule has 0 saturated carbocycles. The highest BCUT2D eigenvalue weighted by atomic mass is 16.5. The second-order valence-corrected chi connectivity index (χ2v) is 3.15. The molecule has 0 aromatic carbocycles. The van der Waals surface area contributed by atoms with Crippen LogP contribution in [0.25, 0.3) is 0 Å². The number of carbonyl (C=O) groups excluding carboxylic acids is 1. The summed E-state index contributed by atoms with van der Waals surface area (Å²) in [6.45, 7) is 8.34. The molecule has 0 aliphatic heterocycles. The van der Waals surface area contributed by atoms with Gasteiger partial charge in [0.2, 0.25) is 0 Å². The third-order valence-electron chi connectivity index (χ3n) is 2.13. The van der Waals surface area contributed by atoms with E-state index >= 15 is 0 Å². The molecule has 0 bridgehead atoms. The summed E-state index contributed by atoms with van der Waals surface area (Å²) in [6.07, 6.45) is 4.17. The Morgan fingerprint density at radius 1 is 1.31 bits per heavy atom. The maximum Gasteiger partial charge on any atom is 0.333 e. The van der Waals surface area contributed by atoms with E-state index in [0.29, 0.717) is 12.5 Å². The Morgan fingerprint density at radius 3 is 2.23 bits per heavy atom. The van der Waals surface area contributed by atoms with Gasteiger partial charge in [-0.2, -0.15) is 0 Å². The van der Waals surface area contributed by atoms with Crippen molar-refractivity contribution in [1.82, 2.24) is 0 Å². The first-order valence-electron chi connectivity index (χ1n) is 5.01. The van der Waals surface area contributed by atoms with Crippen molar-refractivity contribution in [3.8, 4) is 0 Å². The van der Waals surface area contributed by atoms with Crippen LogP contribution in [0.1, 0.15) is 40.5 Å². The zero-order chi connectivity index (χ0) is 10.3. The lowest BCUT2D eigenvalue weighted by molar-refractivity contribution is -0.138. The number of carbonyl (C=O) groups is 1. The minimum atomic E-state index is -0.186. The van der Waals surface area contributed by atoms with Crippen LogP contribution in [0.5, 0.6) is 0 Å². The van der Waals surface area contributed by atoms with Gasteiger partial charge in [-0.3, -0.25) is 0 Å². The number of hydrogen-bond acceptors (Lipinski definition) is 2. The minimum Gasteiger partial charge on any atom is -0.463 e. The number of rotatable bonds is 5. The monoisotopic (exact) mass is 184 g/mol. The number of esters is 1. The zero-order valence-electron chi connectivity index (χ0n) is 9.09. The summed E-state index contributed by atoms with van der Waals surface area (Å²) in [4.78, 5) is 11.2. The summed E-state index contributed by atoms with van der Waals surface area (Å²) >= 11 is 0. The Labute approximate surface area is 81.0 Å². The van der Waals surface area contributed by atoms with Gasteiger partial charge in [0.25, 0.3) is 0 Å². The van der Waals surface area contributed by atoms with Crippen LogP contribution in [-0.4, -0.2) is 12.6 Å². The van der Waals surface area contributed by atoms with Gasteiger partial charge in [0.15, 0.2) is 0 Å². The van der Waals surface area contributed by atoms with Crippen LogP contribution in [0, 0.1) is 5.92 Å². The maximum atomic E-state index is 11.2. The molecule has 0 saturated heterocycles. The van der Waals surface area contributed by atoms with E-state index in [-0.39, 0.29) is 5.97 Å². The fourth-order valence-corrected chi connectivity index (χ4v) is 1.19. The highest BCUT2D eigenvalue weighted by Gasteiger charge is 2.07. The molecule has 2 nitrogen and oxygen atoms in total. The average molecular weight is 184 g/mol. The van der Waals surface area contributed by atoms with Crippen LogP contribution in [0.15, 0.2) is 11.6 Å². The molecule has 0 rings (SSSR count). The van der Waals surface area contributed by atoms with Crippen molar-refractivity contribution in [2.45, 2.75) is 40.5 Å². The smallest absolute Gasteiger partial charge is 0.333 e. The number of allylic oxidation sites excluding steroid dienone is 1. The Morgan fingerprint density at radius 2 is 1.85 bits per heavy atom. The molecule has 0 fully saturated rings. The first kappa shape index (κ1) is 12.2. The molecule has 0 N–H and O–H groups in total. The Kier molecular flexibility index (Phi) is 6.29. The van der Waals surface area contributed by atoms with Gasteiger partial charge in [-0.1, -0.05) is 19.9 Å². The quantitative estimate of drug-likeness (QED) is 0.485. The van der Waals surface area contributed by atoms with Crippen LogP contribution >= 0.6 is 0 Å². The topological polar surface area (TPSA) is 26.3 Å². The number of hydrogen-bond donors (Lipinski definition) is 0. The molecule has 2 heteroatoms. The summed E-state index contributed by atoms with van der Waals surface area (Å²) in [7, 11) is 0. The molecule has 0 atom stereocenters. The fraction of sp³-hybridized carbons (Fsp3) is 0.727. The molecule has 0 aromatic heterocycles. The van der Waals surface area contributed by atoms with Gasteiger partial charge in [-0.25, -0.2) is 4.79 Å². The van der Waals surface area contributed by atoms with E-state index in [2.05, 4.69) is 13.8 Å². The van der Waals surface area contributed by atoms with Crippen molar-refractivity contribution in [1.29, 1.82) is 0 Å². The van der Waals surface area contributed by atoms with Crippen molar-refractivity contribution >= 4 is 5.97 Å². The molecule has 0 aromatic rings. The van der Waals surface area contributed by atoms with Crippen LogP contribution in [0.2, 0.25) is 0 Å². The minimum absolute atomic E-state index is 0.186. The lowest BCUT2D eigenvalue weighted by Gasteiger charge is -2.08. The van der Waals surface area contributed by atoms with Gasteiger partial charge in [0.1, 0.15) is 0 Å². The molecule has 0 radical (unpaired) electrons. The molecule has 0 unspecified atom stereocenters. The van der Waals surface area contributed by atoms with Crippen molar-refractivity contribution in [2.24, 2.45) is 5.92 Å². The molecule has 0 spiro atoms. The van der Waals surface area contributed by atoms with Crippen molar-refractivity contribution in [3.05, 3.63) is 11.6 Å². The molecule has 0 aliphatic carbocycles. The second-order valence-electron chi connectivity index (χ2n) is 3.15. The van der Waals surface area contributed by atoms with E-state index in [4.69, 9.17) is 4.74 Å². The van der Waals surface area contributed by atoms with Crippen molar-refractivity contribution < 1.29 is 9.53 Å². The molecular formula is C11H20O2. The molecule has 0 heterocycles. The lowest BCUT2D eigenvalue weighted by Crippen LogP contribution is -2.07. The van der Waals surface area contributed by atoms with Gasteiger partial charge in [-0.15, -0.1) is 0 Å². The Hall–Kier alpha value is -0.790. The summed E-state index contributed by atoms with van der Waals surface area (Å²) < 4.78 is 4.89. The van der Waals surface area contributed by atoms with Gasteiger partial charge in [-0.05, 0) is 32.6 Å². The third kappa shape index (κ3) is 4.71. The van der Waals surface area contributed by atoms with Crippen LogP contribution in [0.4, 0.5) is 0 Å². The van der Waals surface area contributed by atoms with E-state index in [9.17, 15) is 4.79 Å². The predicted octanol–water partition coefficient (Wildman–Crippen LogP) is 2.93. The normalized spacial score (nSPS) is 11.9. The van der Waals surface area contributed by atoms with E-state index in [0.717, 1.165) is 18.4 Å². The van der Waals surface area contributed by atoms with Gasteiger partial charge >= 0.3 is 5.97 Å². The van der Waals surface area contributed by atoms with Crippen molar-refractivity contribution in [2.75, 3.05) is 6.61 Å². The van der Waals surface area contributed by atoms with E-state index in [1.54, 1.807) is 0 Å². The van der Waals surface area contributed by atoms with Crippen LogP contribution in [-0.2, 0) is 9.53 Å². The average Bonchev–Trinajstić information content (AvgIpc) is 2.14. The van der Waals surface area contributed by atoms with Gasteiger partial charge in [0.05, 0.1) is 6.61 Å². The Balaban J connectivity index is 4.20. The first-order chi connectivity index (χ1) is 6.15. The molecular weight excluding hydrogens is 164 g/mol. The largest absolute Gasteiger partial charge is 0.463 e. The highest BCUT2D eigenvalue weighted by molar-refractivity contribution is 5.87. The second kappa shape index (κ2) is 6.70. The van der Waals surface area contributed by atoms with Crippen LogP contribution in [0.3, 0.4) is 0 Å². The van der Waals surface area contributed by atoms with Gasteiger partial charge in [0, 0.05) is 5.57 Å². The van der Waals surface area contributed by atoms with Crippen LogP contribution < -0.4 is 0 Å². The van der Waals surface area contributed by atoms with Gasteiger partial charge < -0.3 is 4.74 Å². The molecule has 0 amide bonds.